The third kappa shape index (κ3) is 4.46. The molecule has 1 aliphatic heterocycles. The lowest BCUT2D eigenvalue weighted by Crippen LogP contribution is -2.33. The van der Waals surface area contributed by atoms with Gasteiger partial charge < -0.3 is 20.1 Å². The predicted octanol–water partition coefficient (Wildman–Crippen LogP) is 4.04. The average Bonchev–Trinajstić information content (AvgIpc) is 3.27. The van der Waals surface area contributed by atoms with Gasteiger partial charge in [-0.25, -0.2) is 0 Å². The van der Waals surface area contributed by atoms with Gasteiger partial charge in [-0.1, -0.05) is 23.8 Å². The molecule has 160 valence electrons. The van der Waals surface area contributed by atoms with Gasteiger partial charge in [-0.15, -0.1) is 0 Å². The van der Waals surface area contributed by atoms with Gasteiger partial charge in [0.1, 0.15) is 0 Å². The topological polar surface area (TPSA) is 62.2 Å². The fraction of sp³-hybridized carbons (Fsp3) is 0.292. The van der Waals surface area contributed by atoms with Crippen molar-refractivity contribution in [3.63, 3.8) is 0 Å². The Labute approximate surface area is 188 Å². The number of thiocarbonyl (C=S) groups is 1. The smallest absolute Gasteiger partial charge is 0.226 e. The fourth-order valence-electron chi connectivity index (χ4n) is 3.98. The summed E-state index contributed by atoms with van der Waals surface area (Å²) in [5, 5.41) is 7.05. The standard InChI is InChI=1S/C24H27N5OS/c1-16-7-10-18(11-8-16)26-21(30)13-15-29-23(20-12-9-17(2)28(20)3)22(27-24(29)31)19-6-4-5-14-25-19/h4-12,14,22-23H,13,15H2,1-3H3,(H,26,30)(H,27,31)/t22-,23-/m0/s1. The first-order chi connectivity index (χ1) is 14.9. The molecule has 3 heterocycles. The van der Waals surface area contributed by atoms with Crippen LogP contribution in [0.3, 0.4) is 0 Å². The Kier molecular flexibility index (Phi) is 6.04. The molecule has 0 unspecified atom stereocenters. The van der Waals surface area contributed by atoms with Crippen molar-refractivity contribution < 1.29 is 4.79 Å². The Balaban J connectivity index is 1.54. The second kappa shape index (κ2) is 8.89. The number of amides is 1. The summed E-state index contributed by atoms with van der Waals surface area (Å²) in [7, 11) is 2.06. The molecule has 0 aliphatic carbocycles. The molecule has 7 heteroatoms. The van der Waals surface area contributed by atoms with Crippen LogP contribution in [-0.4, -0.2) is 32.0 Å². The van der Waals surface area contributed by atoms with Gasteiger partial charge in [0.2, 0.25) is 5.91 Å². The van der Waals surface area contributed by atoms with Crippen LogP contribution < -0.4 is 10.6 Å². The normalized spacial score (nSPS) is 18.2. The lowest BCUT2D eigenvalue weighted by Gasteiger charge is -2.28. The molecule has 3 aromatic rings. The number of hydrogen-bond acceptors (Lipinski definition) is 3. The molecule has 2 N–H and O–H groups in total. The number of aryl methyl sites for hydroxylation is 2. The van der Waals surface area contributed by atoms with Crippen molar-refractivity contribution in [1.82, 2.24) is 19.8 Å². The summed E-state index contributed by atoms with van der Waals surface area (Å²) < 4.78 is 2.18. The minimum absolute atomic E-state index is 0.0326. The summed E-state index contributed by atoms with van der Waals surface area (Å²) in [4.78, 5) is 19.3. The molecule has 6 nitrogen and oxygen atoms in total. The minimum atomic E-state index is -0.0816. The molecule has 1 amide bonds. The number of rotatable bonds is 6. The van der Waals surface area contributed by atoms with E-state index in [0.717, 1.165) is 22.6 Å². The lowest BCUT2D eigenvalue weighted by atomic mass is 10.0. The third-order valence-electron chi connectivity index (χ3n) is 5.83. The molecule has 1 saturated heterocycles. The number of hydrogen-bond donors (Lipinski definition) is 2. The van der Waals surface area contributed by atoms with Gasteiger partial charge in [0, 0.05) is 43.3 Å². The number of nitrogens with zero attached hydrogens (tertiary/aromatic N) is 3. The van der Waals surface area contributed by atoms with Gasteiger partial charge in [0.25, 0.3) is 0 Å². The van der Waals surface area contributed by atoms with Gasteiger partial charge >= 0.3 is 0 Å². The number of benzene rings is 1. The van der Waals surface area contributed by atoms with E-state index in [0.29, 0.717) is 18.1 Å². The van der Waals surface area contributed by atoms with Crippen molar-refractivity contribution in [2.75, 3.05) is 11.9 Å². The zero-order valence-electron chi connectivity index (χ0n) is 18.0. The highest BCUT2D eigenvalue weighted by molar-refractivity contribution is 7.80. The van der Waals surface area contributed by atoms with E-state index in [4.69, 9.17) is 12.2 Å². The predicted molar refractivity (Wildman–Crippen MR) is 127 cm³/mol. The maximum atomic E-state index is 12.6. The maximum Gasteiger partial charge on any atom is 0.226 e. The first-order valence-corrected chi connectivity index (χ1v) is 10.8. The average molecular weight is 434 g/mol. The Hall–Kier alpha value is -3.19. The van der Waals surface area contributed by atoms with Crippen molar-refractivity contribution in [1.29, 1.82) is 0 Å². The zero-order valence-corrected chi connectivity index (χ0v) is 18.8. The van der Waals surface area contributed by atoms with Crippen molar-refractivity contribution in [3.8, 4) is 0 Å². The first kappa shape index (κ1) is 21.1. The number of aromatic nitrogens is 2. The van der Waals surface area contributed by atoms with Crippen LogP contribution in [0.15, 0.2) is 60.8 Å². The highest BCUT2D eigenvalue weighted by atomic mass is 32.1. The molecule has 1 aromatic carbocycles. The van der Waals surface area contributed by atoms with E-state index in [1.807, 2.05) is 49.4 Å². The number of anilines is 1. The van der Waals surface area contributed by atoms with E-state index in [1.165, 1.54) is 5.69 Å². The Morgan fingerprint density at radius 2 is 1.90 bits per heavy atom. The molecule has 31 heavy (non-hydrogen) atoms. The Morgan fingerprint density at radius 3 is 2.55 bits per heavy atom. The molecule has 2 atom stereocenters. The molecule has 1 fully saturated rings. The van der Waals surface area contributed by atoms with Crippen LogP contribution in [0.25, 0.3) is 0 Å². The number of carbonyl (C=O) groups is 1. The van der Waals surface area contributed by atoms with Crippen LogP contribution in [0.5, 0.6) is 0 Å². The van der Waals surface area contributed by atoms with Gasteiger partial charge in [0.05, 0.1) is 17.8 Å². The second-order valence-corrected chi connectivity index (χ2v) is 8.33. The summed E-state index contributed by atoms with van der Waals surface area (Å²) in [5.41, 5.74) is 5.20. The van der Waals surface area contributed by atoms with E-state index in [9.17, 15) is 4.79 Å². The third-order valence-corrected chi connectivity index (χ3v) is 6.18. The van der Waals surface area contributed by atoms with Crippen LogP contribution >= 0.6 is 12.2 Å². The highest BCUT2D eigenvalue weighted by Crippen LogP contribution is 2.38. The van der Waals surface area contributed by atoms with Gasteiger partial charge in [-0.3, -0.25) is 9.78 Å². The lowest BCUT2D eigenvalue weighted by molar-refractivity contribution is -0.116. The Bertz CT molecular complexity index is 1080. The highest BCUT2D eigenvalue weighted by Gasteiger charge is 2.41. The Morgan fingerprint density at radius 1 is 1.13 bits per heavy atom. The molecular formula is C24H27N5OS. The molecule has 4 rings (SSSR count). The molecule has 2 aromatic heterocycles. The largest absolute Gasteiger partial charge is 0.352 e. The van der Waals surface area contributed by atoms with Crippen LogP contribution in [0.4, 0.5) is 5.69 Å². The molecule has 0 spiro atoms. The van der Waals surface area contributed by atoms with Gasteiger partial charge in [-0.2, -0.15) is 0 Å². The van der Waals surface area contributed by atoms with E-state index in [2.05, 4.69) is 51.2 Å². The molecule has 0 radical (unpaired) electrons. The van der Waals surface area contributed by atoms with Crippen LogP contribution in [0, 0.1) is 13.8 Å². The van der Waals surface area contributed by atoms with Crippen molar-refractivity contribution in [2.24, 2.45) is 7.05 Å². The van der Waals surface area contributed by atoms with Crippen LogP contribution in [0.1, 0.15) is 41.1 Å². The van der Waals surface area contributed by atoms with Gasteiger partial charge in [0.15, 0.2) is 5.11 Å². The quantitative estimate of drug-likeness (QED) is 0.575. The molecular weight excluding hydrogens is 406 g/mol. The van der Waals surface area contributed by atoms with Crippen LogP contribution in [-0.2, 0) is 11.8 Å². The monoisotopic (exact) mass is 433 g/mol. The van der Waals surface area contributed by atoms with Crippen molar-refractivity contribution >= 4 is 28.9 Å². The van der Waals surface area contributed by atoms with E-state index in [-0.39, 0.29) is 18.0 Å². The SMILES string of the molecule is Cc1ccc(NC(=O)CCN2C(=S)N[C@@H](c3ccccn3)[C@@H]2c2ccc(C)n2C)cc1. The van der Waals surface area contributed by atoms with E-state index >= 15 is 0 Å². The summed E-state index contributed by atoms with van der Waals surface area (Å²) in [6.07, 6.45) is 2.13. The second-order valence-electron chi connectivity index (χ2n) is 7.94. The minimum Gasteiger partial charge on any atom is -0.352 e. The summed E-state index contributed by atoms with van der Waals surface area (Å²) in [6, 6.07) is 17.8. The molecule has 0 saturated carbocycles. The number of pyridine rings is 1. The van der Waals surface area contributed by atoms with Crippen molar-refractivity contribution in [2.45, 2.75) is 32.4 Å². The molecule has 1 aliphatic rings. The summed E-state index contributed by atoms with van der Waals surface area (Å²) >= 11 is 5.69. The van der Waals surface area contributed by atoms with E-state index in [1.54, 1.807) is 6.20 Å². The van der Waals surface area contributed by atoms with Crippen molar-refractivity contribution in [3.05, 3.63) is 83.4 Å². The fourth-order valence-corrected chi connectivity index (χ4v) is 4.31. The summed E-state index contributed by atoms with van der Waals surface area (Å²) in [5.74, 6) is -0.0326. The van der Waals surface area contributed by atoms with Crippen LogP contribution in [0.2, 0.25) is 0 Å². The summed E-state index contributed by atoms with van der Waals surface area (Å²) in [6.45, 7) is 4.62. The van der Waals surface area contributed by atoms with Gasteiger partial charge in [-0.05, 0) is 62.5 Å². The first-order valence-electron chi connectivity index (χ1n) is 10.4. The number of nitrogens with one attached hydrogen (secondary N) is 2. The van der Waals surface area contributed by atoms with E-state index < -0.39 is 0 Å². The number of carbonyl (C=O) groups excluding carboxylic acids is 1. The molecule has 0 bridgehead atoms. The maximum absolute atomic E-state index is 12.6. The zero-order chi connectivity index (χ0) is 22.0.